The van der Waals surface area contributed by atoms with E-state index in [-0.39, 0.29) is 16.6 Å². The molecule has 3 rings (SSSR count). The largest absolute Gasteiger partial charge is 0.481 e. The number of amidine groups is 1. The lowest BCUT2D eigenvalue weighted by atomic mass is 10.1. The van der Waals surface area contributed by atoms with Gasteiger partial charge >= 0.3 is 0 Å². The van der Waals surface area contributed by atoms with E-state index in [2.05, 4.69) is 5.32 Å². The van der Waals surface area contributed by atoms with Gasteiger partial charge in [-0.2, -0.15) is 0 Å². The van der Waals surface area contributed by atoms with Crippen LogP contribution in [0.1, 0.15) is 25.3 Å². The Morgan fingerprint density at radius 1 is 1.06 bits per heavy atom. The highest BCUT2D eigenvalue weighted by molar-refractivity contribution is 7.90. The molecule has 1 amide bonds. The molecule has 0 heterocycles. The number of anilines is 1. The summed E-state index contributed by atoms with van der Waals surface area (Å²) in [4.78, 5) is 13.1. The van der Waals surface area contributed by atoms with E-state index < -0.39 is 15.9 Å². The van der Waals surface area contributed by atoms with E-state index in [1.54, 1.807) is 72.8 Å². The molecule has 0 radical (unpaired) electrons. The molecule has 3 aromatic rings. The zero-order valence-electron chi connectivity index (χ0n) is 18.5. The van der Waals surface area contributed by atoms with E-state index in [0.717, 1.165) is 12.0 Å². The van der Waals surface area contributed by atoms with Crippen LogP contribution in [-0.4, -0.2) is 32.5 Å². The molecule has 0 bridgehead atoms. The number of hydrogen-bond donors (Lipinski definition) is 3. The maximum atomic E-state index is 12.9. The topological polar surface area (TPSA) is 122 Å². The second-order valence-corrected chi connectivity index (χ2v) is 9.66. The van der Waals surface area contributed by atoms with Crippen molar-refractivity contribution < 1.29 is 17.9 Å². The standard InChI is InChI=1S/C25H27N3O4S/c1-3-7-22(32-20-9-6-8-18(16-20)24(26)27)25(29)28-19-14-12-17(13-15-19)21-10-4-5-11-23(21)33(2,30)31/h4-6,8-16,22H,3,7H2,1-2H3,(H3,26,27)(H,28,29)/t22-/m1/s1. The lowest BCUT2D eigenvalue weighted by molar-refractivity contribution is -0.123. The number of hydrogen-bond acceptors (Lipinski definition) is 5. The van der Waals surface area contributed by atoms with Gasteiger partial charge in [0.05, 0.1) is 4.90 Å². The first-order valence-electron chi connectivity index (χ1n) is 10.5. The molecule has 0 aliphatic carbocycles. The lowest BCUT2D eigenvalue weighted by Gasteiger charge is -2.19. The summed E-state index contributed by atoms with van der Waals surface area (Å²) in [6.45, 7) is 1.96. The van der Waals surface area contributed by atoms with Crippen LogP contribution in [0.4, 0.5) is 5.69 Å². The Kier molecular flexibility index (Phi) is 7.50. The minimum atomic E-state index is -3.37. The third-order valence-electron chi connectivity index (χ3n) is 5.02. The van der Waals surface area contributed by atoms with Crippen LogP contribution in [0.2, 0.25) is 0 Å². The Bertz CT molecular complexity index is 1250. The smallest absolute Gasteiger partial charge is 0.265 e. The van der Waals surface area contributed by atoms with Gasteiger partial charge < -0.3 is 15.8 Å². The highest BCUT2D eigenvalue weighted by Crippen LogP contribution is 2.28. The van der Waals surface area contributed by atoms with Gasteiger partial charge in [0.15, 0.2) is 15.9 Å². The SMILES string of the molecule is CCC[C@@H](Oc1cccc(C(=N)N)c1)C(=O)Nc1ccc(-c2ccccc2S(C)(=O)=O)cc1. The molecule has 33 heavy (non-hydrogen) atoms. The maximum absolute atomic E-state index is 12.9. The molecule has 8 heteroatoms. The third-order valence-corrected chi connectivity index (χ3v) is 6.17. The molecule has 172 valence electrons. The summed E-state index contributed by atoms with van der Waals surface area (Å²) in [7, 11) is -3.37. The van der Waals surface area contributed by atoms with Crippen molar-refractivity contribution in [1.82, 2.24) is 0 Å². The van der Waals surface area contributed by atoms with Crippen LogP contribution >= 0.6 is 0 Å². The van der Waals surface area contributed by atoms with E-state index in [4.69, 9.17) is 15.9 Å². The summed E-state index contributed by atoms with van der Waals surface area (Å²) < 4.78 is 30.1. The van der Waals surface area contributed by atoms with Crippen molar-refractivity contribution in [2.45, 2.75) is 30.8 Å². The van der Waals surface area contributed by atoms with Crippen LogP contribution in [0.5, 0.6) is 5.75 Å². The first kappa shape index (κ1) is 24.0. The maximum Gasteiger partial charge on any atom is 0.265 e. The monoisotopic (exact) mass is 465 g/mol. The van der Waals surface area contributed by atoms with Gasteiger partial charge in [0.2, 0.25) is 0 Å². The van der Waals surface area contributed by atoms with Crippen LogP contribution in [0.15, 0.2) is 77.7 Å². The second-order valence-electron chi connectivity index (χ2n) is 7.67. The molecular formula is C25H27N3O4S. The number of nitrogens with one attached hydrogen (secondary N) is 2. The number of carbonyl (C=O) groups excluding carboxylic acids is 1. The van der Waals surface area contributed by atoms with Gasteiger partial charge in [0, 0.05) is 23.1 Å². The molecule has 1 atom stereocenters. The predicted octanol–water partition coefficient (Wildman–Crippen LogP) is 4.23. The fourth-order valence-electron chi connectivity index (χ4n) is 3.39. The van der Waals surface area contributed by atoms with Gasteiger partial charge in [0.1, 0.15) is 11.6 Å². The van der Waals surface area contributed by atoms with Crippen LogP contribution in [0, 0.1) is 5.41 Å². The quantitative estimate of drug-likeness (QED) is 0.322. The lowest BCUT2D eigenvalue weighted by Crippen LogP contribution is -2.33. The fraction of sp³-hybridized carbons (Fsp3) is 0.200. The molecule has 0 aliphatic heterocycles. The van der Waals surface area contributed by atoms with Gasteiger partial charge in [-0.05, 0) is 42.3 Å². The van der Waals surface area contributed by atoms with E-state index in [0.29, 0.717) is 29.0 Å². The molecule has 0 unspecified atom stereocenters. The highest BCUT2D eigenvalue weighted by atomic mass is 32.2. The summed E-state index contributed by atoms with van der Waals surface area (Å²) in [5, 5.41) is 10.4. The predicted molar refractivity (Wildman–Crippen MR) is 130 cm³/mol. The highest BCUT2D eigenvalue weighted by Gasteiger charge is 2.20. The third kappa shape index (κ3) is 6.20. The van der Waals surface area contributed by atoms with Crippen molar-refractivity contribution in [2.24, 2.45) is 5.73 Å². The van der Waals surface area contributed by atoms with Crippen molar-refractivity contribution >= 4 is 27.3 Å². The zero-order valence-corrected chi connectivity index (χ0v) is 19.4. The van der Waals surface area contributed by atoms with Gasteiger partial charge in [-0.3, -0.25) is 10.2 Å². The van der Waals surface area contributed by atoms with E-state index in [1.807, 2.05) is 6.92 Å². The number of amides is 1. The molecule has 0 spiro atoms. The van der Waals surface area contributed by atoms with Crippen LogP contribution < -0.4 is 15.8 Å². The summed E-state index contributed by atoms with van der Waals surface area (Å²) in [5.74, 6) is 0.0906. The fourth-order valence-corrected chi connectivity index (χ4v) is 4.30. The van der Waals surface area contributed by atoms with Crippen molar-refractivity contribution in [3.05, 3.63) is 78.4 Å². The van der Waals surface area contributed by atoms with Gasteiger partial charge in [-0.25, -0.2) is 8.42 Å². The molecule has 3 aromatic carbocycles. The first-order chi connectivity index (χ1) is 15.7. The second kappa shape index (κ2) is 10.3. The number of benzene rings is 3. The molecule has 7 nitrogen and oxygen atoms in total. The Hall–Kier alpha value is -3.65. The van der Waals surface area contributed by atoms with E-state index in [1.165, 1.54) is 6.26 Å². The molecular weight excluding hydrogens is 438 g/mol. The number of carbonyl (C=O) groups is 1. The number of ether oxygens (including phenoxy) is 1. The number of nitrogens with two attached hydrogens (primary N) is 1. The van der Waals surface area contributed by atoms with Gasteiger partial charge in [0.25, 0.3) is 5.91 Å². The Labute approximate surface area is 194 Å². The molecule has 0 aromatic heterocycles. The Morgan fingerprint density at radius 2 is 1.76 bits per heavy atom. The summed E-state index contributed by atoms with van der Waals surface area (Å²) in [5.41, 5.74) is 7.97. The van der Waals surface area contributed by atoms with Gasteiger partial charge in [-0.15, -0.1) is 0 Å². The van der Waals surface area contributed by atoms with Crippen LogP contribution in [-0.2, 0) is 14.6 Å². The van der Waals surface area contributed by atoms with E-state index >= 15 is 0 Å². The van der Waals surface area contributed by atoms with Crippen LogP contribution in [0.3, 0.4) is 0 Å². The van der Waals surface area contributed by atoms with Crippen molar-refractivity contribution in [2.75, 3.05) is 11.6 Å². The first-order valence-corrected chi connectivity index (χ1v) is 12.4. The average Bonchev–Trinajstić information content (AvgIpc) is 2.79. The molecule has 0 aliphatic rings. The Balaban J connectivity index is 1.76. The molecule has 4 N–H and O–H groups in total. The minimum absolute atomic E-state index is 0.0746. The Morgan fingerprint density at radius 3 is 2.39 bits per heavy atom. The number of rotatable bonds is 9. The number of nitrogen functional groups attached to an aromatic ring is 1. The molecule has 0 saturated carbocycles. The van der Waals surface area contributed by atoms with Crippen molar-refractivity contribution in [3.8, 4) is 16.9 Å². The average molecular weight is 466 g/mol. The summed E-state index contributed by atoms with van der Waals surface area (Å²) >= 11 is 0. The van der Waals surface area contributed by atoms with Gasteiger partial charge in [-0.1, -0.05) is 55.8 Å². The normalized spacial score (nSPS) is 12.1. The van der Waals surface area contributed by atoms with Crippen LogP contribution in [0.25, 0.3) is 11.1 Å². The number of sulfone groups is 1. The van der Waals surface area contributed by atoms with Crippen molar-refractivity contribution in [1.29, 1.82) is 5.41 Å². The van der Waals surface area contributed by atoms with Crippen molar-refractivity contribution in [3.63, 3.8) is 0 Å². The zero-order chi connectivity index (χ0) is 24.0. The summed E-state index contributed by atoms with van der Waals surface area (Å²) in [6, 6.07) is 20.6. The van der Waals surface area contributed by atoms with E-state index in [9.17, 15) is 13.2 Å². The molecule has 0 fully saturated rings. The molecule has 0 saturated heterocycles. The summed E-state index contributed by atoms with van der Waals surface area (Å²) in [6.07, 6.45) is 1.71. The minimum Gasteiger partial charge on any atom is -0.481 e.